The van der Waals surface area contributed by atoms with Gasteiger partial charge in [-0.15, -0.1) is 0 Å². The Labute approximate surface area is 100 Å². The average Bonchev–Trinajstić information content (AvgIpc) is 2.29. The largest absolute Gasteiger partial charge is 0.354 e. The number of rotatable bonds is 10. The van der Waals surface area contributed by atoms with Crippen LogP contribution in [0.5, 0.6) is 0 Å². The van der Waals surface area contributed by atoms with Crippen molar-refractivity contribution in [3.63, 3.8) is 0 Å². The van der Waals surface area contributed by atoms with Crippen LogP contribution in [0.15, 0.2) is 0 Å². The molecular formula is C12H28N2O2. The Bertz CT molecular complexity index is 152. The molecule has 0 rings (SSSR count). The van der Waals surface area contributed by atoms with Crippen molar-refractivity contribution in [1.29, 1.82) is 0 Å². The smallest absolute Gasteiger partial charge is 0.171 e. The Balaban J connectivity index is 3.70. The molecule has 0 aromatic carbocycles. The van der Waals surface area contributed by atoms with Gasteiger partial charge in [-0.25, -0.2) is 0 Å². The second-order valence-electron chi connectivity index (χ2n) is 4.02. The van der Waals surface area contributed by atoms with Crippen LogP contribution in [0.1, 0.15) is 27.2 Å². The first-order valence-corrected chi connectivity index (χ1v) is 6.20. The number of nitrogens with zero attached hydrogens (tertiary/aromatic N) is 1. The van der Waals surface area contributed by atoms with E-state index in [1.807, 2.05) is 0 Å². The normalized spacial score (nSPS) is 13.7. The summed E-state index contributed by atoms with van der Waals surface area (Å²) in [6, 6.07) is 0.218. The second-order valence-corrected chi connectivity index (χ2v) is 4.02. The van der Waals surface area contributed by atoms with Crippen LogP contribution in [-0.2, 0) is 9.47 Å². The van der Waals surface area contributed by atoms with E-state index in [1.54, 1.807) is 14.2 Å². The number of nitrogens with one attached hydrogen (secondary N) is 1. The van der Waals surface area contributed by atoms with Gasteiger partial charge in [-0.3, -0.25) is 0 Å². The van der Waals surface area contributed by atoms with Crippen molar-refractivity contribution < 1.29 is 9.47 Å². The first kappa shape index (κ1) is 15.8. The van der Waals surface area contributed by atoms with Crippen LogP contribution in [0, 0.1) is 0 Å². The van der Waals surface area contributed by atoms with Crippen molar-refractivity contribution in [2.45, 2.75) is 39.5 Å². The molecule has 4 heteroatoms. The number of hydrogen-bond donors (Lipinski definition) is 1. The Morgan fingerprint density at radius 1 is 1.12 bits per heavy atom. The lowest BCUT2D eigenvalue weighted by molar-refractivity contribution is -0.119. The van der Waals surface area contributed by atoms with Gasteiger partial charge < -0.3 is 19.7 Å². The molecule has 0 bridgehead atoms. The standard InChI is InChI=1S/C12H28N2O2/c1-6-9-14(7-2)10-8-13-11(3)12(15-4)16-5/h11-13H,6-10H2,1-5H3. The van der Waals surface area contributed by atoms with Crippen LogP contribution < -0.4 is 5.32 Å². The van der Waals surface area contributed by atoms with Gasteiger partial charge in [0.05, 0.1) is 6.04 Å². The van der Waals surface area contributed by atoms with Crippen LogP contribution in [0.3, 0.4) is 0 Å². The van der Waals surface area contributed by atoms with Crippen LogP contribution >= 0.6 is 0 Å². The van der Waals surface area contributed by atoms with Crippen molar-refractivity contribution in [2.24, 2.45) is 0 Å². The zero-order valence-corrected chi connectivity index (χ0v) is 11.5. The lowest BCUT2D eigenvalue weighted by Gasteiger charge is -2.24. The highest BCUT2D eigenvalue weighted by molar-refractivity contribution is 4.66. The van der Waals surface area contributed by atoms with E-state index in [4.69, 9.17) is 9.47 Å². The SMILES string of the molecule is CCCN(CC)CCNC(C)C(OC)OC. The molecule has 0 saturated heterocycles. The molecule has 0 amide bonds. The number of hydrogen-bond acceptors (Lipinski definition) is 4. The Hall–Kier alpha value is -0.160. The van der Waals surface area contributed by atoms with E-state index in [9.17, 15) is 0 Å². The van der Waals surface area contributed by atoms with E-state index in [0.717, 1.165) is 19.6 Å². The molecule has 0 radical (unpaired) electrons. The van der Waals surface area contributed by atoms with Gasteiger partial charge in [0.2, 0.25) is 0 Å². The summed E-state index contributed by atoms with van der Waals surface area (Å²) in [7, 11) is 3.34. The van der Waals surface area contributed by atoms with Crippen molar-refractivity contribution >= 4 is 0 Å². The maximum absolute atomic E-state index is 5.19. The summed E-state index contributed by atoms with van der Waals surface area (Å²) in [6.45, 7) is 10.8. The summed E-state index contributed by atoms with van der Waals surface area (Å²) >= 11 is 0. The van der Waals surface area contributed by atoms with E-state index in [2.05, 4.69) is 31.0 Å². The minimum atomic E-state index is -0.166. The molecular weight excluding hydrogens is 204 g/mol. The molecule has 1 unspecified atom stereocenters. The molecule has 0 saturated carbocycles. The lowest BCUT2D eigenvalue weighted by atomic mass is 10.3. The fourth-order valence-electron chi connectivity index (χ4n) is 1.80. The molecule has 0 aliphatic rings. The molecule has 1 N–H and O–H groups in total. The van der Waals surface area contributed by atoms with Gasteiger partial charge in [-0.05, 0) is 26.4 Å². The molecule has 0 aliphatic carbocycles. The van der Waals surface area contributed by atoms with Crippen molar-refractivity contribution in [3.8, 4) is 0 Å². The van der Waals surface area contributed by atoms with Gasteiger partial charge in [0.15, 0.2) is 6.29 Å². The van der Waals surface area contributed by atoms with E-state index in [-0.39, 0.29) is 12.3 Å². The zero-order valence-electron chi connectivity index (χ0n) is 11.5. The van der Waals surface area contributed by atoms with Gasteiger partial charge >= 0.3 is 0 Å². The molecule has 0 aromatic heterocycles. The highest BCUT2D eigenvalue weighted by Crippen LogP contribution is 1.98. The van der Waals surface area contributed by atoms with E-state index in [1.165, 1.54) is 13.0 Å². The number of likely N-dealkylation sites (N-methyl/N-ethyl adjacent to an activating group) is 1. The molecule has 1 atom stereocenters. The van der Waals surface area contributed by atoms with E-state index < -0.39 is 0 Å². The third-order valence-electron chi connectivity index (χ3n) is 2.75. The van der Waals surface area contributed by atoms with Crippen LogP contribution in [0.25, 0.3) is 0 Å². The van der Waals surface area contributed by atoms with Crippen LogP contribution in [-0.4, -0.2) is 57.6 Å². The summed E-state index contributed by atoms with van der Waals surface area (Å²) in [5.41, 5.74) is 0. The van der Waals surface area contributed by atoms with Crippen molar-refractivity contribution in [1.82, 2.24) is 10.2 Å². The summed E-state index contributed by atoms with van der Waals surface area (Å²) < 4.78 is 10.4. The Kier molecular flexibility index (Phi) is 9.92. The van der Waals surface area contributed by atoms with Crippen molar-refractivity contribution in [3.05, 3.63) is 0 Å². The Morgan fingerprint density at radius 3 is 2.19 bits per heavy atom. The van der Waals surface area contributed by atoms with Crippen molar-refractivity contribution in [2.75, 3.05) is 40.4 Å². The zero-order chi connectivity index (χ0) is 12.4. The fourth-order valence-corrected chi connectivity index (χ4v) is 1.80. The first-order valence-electron chi connectivity index (χ1n) is 6.20. The molecule has 16 heavy (non-hydrogen) atoms. The van der Waals surface area contributed by atoms with E-state index in [0.29, 0.717) is 0 Å². The first-order chi connectivity index (χ1) is 7.69. The summed E-state index contributed by atoms with van der Waals surface area (Å²) in [6.07, 6.45) is 1.04. The van der Waals surface area contributed by atoms with Gasteiger partial charge in [0.25, 0.3) is 0 Å². The predicted molar refractivity (Wildman–Crippen MR) is 67.7 cm³/mol. The molecule has 98 valence electrons. The maximum atomic E-state index is 5.19. The minimum absolute atomic E-state index is 0.166. The summed E-state index contributed by atoms with van der Waals surface area (Å²) in [4.78, 5) is 2.44. The van der Waals surface area contributed by atoms with Gasteiger partial charge in [0.1, 0.15) is 0 Å². The minimum Gasteiger partial charge on any atom is -0.354 e. The third kappa shape index (κ3) is 6.43. The molecule has 0 aliphatic heterocycles. The van der Waals surface area contributed by atoms with Crippen LogP contribution in [0.4, 0.5) is 0 Å². The number of ether oxygens (including phenoxy) is 2. The van der Waals surface area contributed by atoms with E-state index >= 15 is 0 Å². The molecule has 0 heterocycles. The average molecular weight is 232 g/mol. The fraction of sp³-hybridized carbons (Fsp3) is 1.00. The second kappa shape index (κ2) is 10.0. The third-order valence-corrected chi connectivity index (χ3v) is 2.75. The van der Waals surface area contributed by atoms with Gasteiger partial charge in [0, 0.05) is 27.3 Å². The molecule has 0 spiro atoms. The lowest BCUT2D eigenvalue weighted by Crippen LogP contribution is -2.43. The van der Waals surface area contributed by atoms with Crippen LogP contribution in [0.2, 0.25) is 0 Å². The predicted octanol–water partition coefficient (Wildman–Crippen LogP) is 1.32. The Morgan fingerprint density at radius 2 is 1.75 bits per heavy atom. The summed E-state index contributed by atoms with van der Waals surface area (Å²) in [5.74, 6) is 0. The quantitative estimate of drug-likeness (QED) is 0.576. The van der Waals surface area contributed by atoms with Gasteiger partial charge in [-0.2, -0.15) is 0 Å². The van der Waals surface area contributed by atoms with Gasteiger partial charge in [-0.1, -0.05) is 13.8 Å². The molecule has 0 fully saturated rings. The summed E-state index contributed by atoms with van der Waals surface area (Å²) in [5, 5.41) is 3.42. The highest BCUT2D eigenvalue weighted by Gasteiger charge is 2.14. The highest BCUT2D eigenvalue weighted by atomic mass is 16.7. The number of methoxy groups -OCH3 is 2. The monoisotopic (exact) mass is 232 g/mol. The topological polar surface area (TPSA) is 33.7 Å². The molecule has 4 nitrogen and oxygen atoms in total. The molecule has 0 aromatic rings. The maximum Gasteiger partial charge on any atom is 0.171 e.